The van der Waals surface area contributed by atoms with Crippen molar-refractivity contribution in [3.63, 3.8) is 0 Å². The Bertz CT molecular complexity index is 287. The summed E-state index contributed by atoms with van der Waals surface area (Å²) in [5.74, 6) is 0.209. The van der Waals surface area contributed by atoms with E-state index in [-0.39, 0.29) is 16.9 Å². The molecule has 1 atom stereocenters. The lowest BCUT2D eigenvalue weighted by atomic mass is 10.1. The highest BCUT2D eigenvalue weighted by Gasteiger charge is 2.39. The number of rotatable bonds is 2. The van der Waals surface area contributed by atoms with E-state index in [9.17, 15) is 4.79 Å². The molecule has 0 bridgehead atoms. The lowest BCUT2D eigenvalue weighted by Crippen LogP contribution is -2.44. The molecule has 1 aliphatic carbocycles. The molecule has 0 heterocycles. The Morgan fingerprint density at radius 3 is 2.56 bits per heavy atom. The summed E-state index contributed by atoms with van der Waals surface area (Å²) < 4.78 is 6.27. The van der Waals surface area contributed by atoms with Crippen LogP contribution in [-0.4, -0.2) is 20.2 Å². The Morgan fingerprint density at radius 2 is 2.00 bits per heavy atom. The predicted octanol–water partition coefficient (Wildman–Crippen LogP) is 3.69. The zero-order valence-corrected chi connectivity index (χ0v) is 12.2. The van der Waals surface area contributed by atoms with Gasteiger partial charge in [-0.2, -0.15) is 0 Å². The van der Waals surface area contributed by atoms with Gasteiger partial charge in [0.25, 0.3) is 0 Å². The number of hydrogen-bond acceptors (Lipinski definition) is 2. The first-order valence-corrected chi connectivity index (χ1v) is 9.00. The lowest BCUT2D eigenvalue weighted by Gasteiger charge is -2.39. The van der Waals surface area contributed by atoms with Gasteiger partial charge in [-0.15, -0.1) is 0 Å². The Kier molecular flexibility index (Phi) is 4.13. The summed E-state index contributed by atoms with van der Waals surface area (Å²) in [5.41, 5.74) is 0. The maximum absolute atomic E-state index is 11.5. The first-order chi connectivity index (χ1) is 7.22. The fourth-order valence-electron chi connectivity index (χ4n) is 1.59. The highest BCUT2D eigenvalue weighted by atomic mass is 28.4. The molecule has 1 unspecified atom stereocenters. The highest BCUT2D eigenvalue weighted by Crippen LogP contribution is 2.38. The van der Waals surface area contributed by atoms with Gasteiger partial charge in [-0.05, 0) is 37.0 Å². The molecule has 2 nitrogen and oxygen atoms in total. The van der Waals surface area contributed by atoms with E-state index in [1.807, 2.05) is 6.08 Å². The predicted molar refractivity (Wildman–Crippen MR) is 70.1 cm³/mol. The van der Waals surface area contributed by atoms with E-state index in [4.69, 9.17) is 4.43 Å². The smallest absolute Gasteiger partial charge is 0.192 e. The fourth-order valence-corrected chi connectivity index (χ4v) is 2.97. The van der Waals surface area contributed by atoms with Gasteiger partial charge in [0.15, 0.2) is 14.1 Å². The van der Waals surface area contributed by atoms with Gasteiger partial charge in [0.1, 0.15) is 0 Å². The third-order valence-corrected chi connectivity index (χ3v) is 8.19. The van der Waals surface area contributed by atoms with Crippen molar-refractivity contribution >= 4 is 14.1 Å². The molecule has 0 aromatic carbocycles. The van der Waals surface area contributed by atoms with Gasteiger partial charge in [-0.25, -0.2) is 0 Å². The molecule has 0 amide bonds. The van der Waals surface area contributed by atoms with Crippen molar-refractivity contribution in [2.24, 2.45) is 0 Å². The van der Waals surface area contributed by atoms with Crippen LogP contribution in [-0.2, 0) is 9.22 Å². The largest absolute Gasteiger partial charge is 0.413 e. The minimum Gasteiger partial charge on any atom is -0.413 e. The van der Waals surface area contributed by atoms with Gasteiger partial charge in [0.05, 0.1) is 6.10 Å². The highest BCUT2D eigenvalue weighted by molar-refractivity contribution is 6.74. The molecule has 1 rings (SSSR count). The molecule has 92 valence electrons. The number of hydrogen-bond donors (Lipinski definition) is 0. The number of allylic oxidation sites excluding steroid dienone is 2. The van der Waals surface area contributed by atoms with E-state index in [1.54, 1.807) is 6.08 Å². The van der Waals surface area contributed by atoms with Crippen LogP contribution in [0.1, 0.15) is 40.0 Å². The van der Waals surface area contributed by atoms with Gasteiger partial charge in [-0.3, -0.25) is 4.79 Å². The van der Waals surface area contributed by atoms with E-state index in [1.165, 1.54) is 0 Å². The summed E-state index contributed by atoms with van der Waals surface area (Å²) in [7, 11) is -1.72. The van der Waals surface area contributed by atoms with Crippen molar-refractivity contribution in [2.75, 3.05) is 0 Å². The fraction of sp³-hybridized carbons (Fsp3) is 0.769. The third kappa shape index (κ3) is 3.56. The Balaban J connectivity index is 2.64. The molecule has 0 radical (unpaired) electrons. The van der Waals surface area contributed by atoms with E-state index in [0.717, 1.165) is 12.8 Å². The number of ketones is 1. The molecule has 16 heavy (non-hydrogen) atoms. The van der Waals surface area contributed by atoms with Crippen LogP contribution in [0.25, 0.3) is 0 Å². The minimum absolute atomic E-state index is 0.128. The van der Waals surface area contributed by atoms with Crippen molar-refractivity contribution < 1.29 is 9.22 Å². The van der Waals surface area contributed by atoms with Crippen LogP contribution in [0.15, 0.2) is 12.2 Å². The summed E-state index contributed by atoms with van der Waals surface area (Å²) in [6.07, 6.45) is 6.30. The maximum Gasteiger partial charge on any atom is 0.192 e. The van der Waals surface area contributed by atoms with Crippen LogP contribution in [0.5, 0.6) is 0 Å². The van der Waals surface area contributed by atoms with Crippen molar-refractivity contribution in [3.05, 3.63) is 12.2 Å². The zero-order chi connectivity index (χ0) is 12.4. The first-order valence-electron chi connectivity index (χ1n) is 6.09. The van der Waals surface area contributed by atoms with Crippen molar-refractivity contribution in [1.29, 1.82) is 0 Å². The van der Waals surface area contributed by atoms with Crippen LogP contribution >= 0.6 is 0 Å². The van der Waals surface area contributed by atoms with Crippen LogP contribution in [0.2, 0.25) is 18.1 Å². The van der Waals surface area contributed by atoms with Gasteiger partial charge >= 0.3 is 0 Å². The first kappa shape index (κ1) is 13.7. The summed E-state index contributed by atoms with van der Waals surface area (Å²) in [6.45, 7) is 11.2. The van der Waals surface area contributed by atoms with Crippen LogP contribution in [0, 0.1) is 0 Å². The monoisotopic (exact) mass is 240 g/mol. The Morgan fingerprint density at radius 1 is 1.38 bits per heavy atom. The summed E-state index contributed by atoms with van der Waals surface area (Å²) in [6, 6.07) is 0. The third-order valence-electron chi connectivity index (χ3n) is 3.66. The quantitative estimate of drug-likeness (QED) is 0.688. The molecule has 0 aliphatic heterocycles. The van der Waals surface area contributed by atoms with E-state index in [2.05, 4.69) is 33.9 Å². The second-order valence-electron chi connectivity index (χ2n) is 6.15. The zero-order valence-electron chi connectivity index (χ0n) is 11.2. The van der Waals surface area contributed by atoms with Crippen molar-refractivity contribution in [3.8, 4) is 0 Å². The van der Waals surface area contributed by atoms with Gasteiger partial charge in [0, 0.05) is 6.42 Å². The topological polar surface area (TPSA) is 26.3 Å². The van der Waals surface area contributed by atoms with Gasteiger partial charge in [0.2, 0.25) is 0 Å². The molecule has 0 aromatic heterocycles. The van der Waals surface area contributed by atoms with Crippen LogP contribution < -0.4 is 0 Å². The molecular weight excluding hydrogens is 216 g/mol. The van der Waals surface area contributed by atoms with Crippen molar-refractivity contribution in [1.82, 2.24) is 0 Å². The Labute approximate surface area is 100 Å². The Hall–Kier alpha value is -0.413. The SMILES string of the molecule is CC(C)(C)[Si](C)(C)OC1CCC=CC(=O)C1. The molecule has 0 saturated carbocycles. The van der Waals surface area contributed by atoms with E-state index < -0.39 is 8.32 Å². The average molecular weight is 240 g/mol. The second kappa shape index (κ2) is 4.84. The summed E-state index contributed by atoms with van der Waals surface area (Å²) >= 11 is 0. The second-order valence-corrected chi connectivity index (χ2v) is 10.9. The minimum atomic E-state index is -1.72. The molecule has 0 N–H and O–H groups in total. The lowest BCUT2D eigenvalue weighted by molar-refractivity contribution is -0.116. The molecule has 0 spiro atoms. The van der Waals surface area contributed by atoms with E-state index >= 15 is 0 Å². The molecule has 3 heteroatoms. The standard InChI is InChI=1S/C13H24O2Si/c1-13(2,3)16(4,5)15-12-9-7-6-8-11(14)10-12/h6,8,12H,7,9-10H2,1-5H3. The number of carbonyl (C=O) groups excluding carboxylic acids is 1. The van der Waals surface area contributed by atoms with Crippen LogP contribution in [0.4, 0.5) is 0 Å². The van der Waals surface area contributed by atoms with Gasteiger partial charge in [-0.1, -0.05) is 26.8 Å². The maximum atomic E-state index is 11.5. The molecule has 0 aromatic rings. The molecule has 0 saturated heterocycles. The molecule has 1 aliphatic rings. The summed E-state index contributed by atoms with van der Waals surface area (Å²) in [4.78, 5) is 11.5. The average Bonchev–Trinajstić information content (AvgIpc) is 2.27. The van der Waals surface area contributed by atoms with Gasteiger partial charge < -0.3 is 4.43 Å². The van der Waals surface area contributed by atoms with E-state index in [0.29, 0.717) is 6.42 Å². The molecule has 0 fully saturated rings. The number of carbonyl (C=O) groups is 1. The van der Waals surface area contributed by atoms with Crippen molar-refractivity contribution in [2.45, 2.75) is 64.3 Å². The summed E-state index contributed by atoms with van der Waals surface area (Å²) in [5, 5.41) is 0.218. The van der Waals surface area contributed by atoms with Crippen LogP contribution in [0.3, 0.4) is 0 Å². The molecular formula is C13H24O2Si. The normalized spacial score (nSPS) is 23.3.